The Morgan fingerprint density at radius 1 is 1.00 bits per heavy atom. The third kappa shape index (κ3) is 1.88. The molecule has 0 atom stereocenters. The minimum Gasteiger partial charge on any atom is -0.872 e. The normalized spacial score (nSPS) is 10.0. The van der Waals surface area contributed by atoms with Crippen molar-refractivity contribution in [2.45, 2.75) is 0 Å². The lowest BCUT2D eigenvalue weighted by Gasteiger charge is -2.08. The Morgan fingerprint density at radius 3 is 2.25 bits per heavy atom. The van der Waals surface area contributed by atoms with Crippen molar-refractivity contribution in [2.75, 3.05) is 0 Å². The van der Waals surface area contributed by atoms with E-state index in [4.69, 9.17) is 5.11 Å². The average Bonchev–Trinajstić information content (AvgIpc) is 2.30. The van der Waals surface area contributed by atoms with E-state index in [0.717, 1.165) is 5.56 Å². The van der Waals surface area contributed by atoms with Crippen LogP contribution in [0, 0.1) is 0 Å². The molecule has 3 heteroatoms. The topological polar surface area (TPSA) is 60.4 Å². The van der Waals surface area contributed by atoms with Crippen LogP contribution < -0.4 is 5.11 Å². The largest absolute Gasteiger partial charge is 0.872 e. The van der Waals surface area contributed by atoms with Gasteiger partial charge in [0.25, 0.3) is 0 Å². The highest BCUT2D eigenvalue weighted by Crippen LogP contribution is 2.24. The Bertz CT molecular complexity index is 515. The lowest BCUT2D eigenvalue weighted by Crippen LogP contribution is -1.99. The van der Waals surface area contributed by atoms with Gasteiger partial charge in [-0.15, -0.1) is 5.75 Å². The Kier molecular flexibility index (Phi) is 2.60. The van der Waals surface area contributed by atoms with Crippen molar-refractivity contribution in [1.82, 2.24) is 0 Å². The molecule has 0 bridgehead atoms. The fourth-order valence-corrected chi connectivity index (χ4v) is 1.56. The molecule has 0 radical (unpaired) electrons. The van der Waals surface area contributed by atoms with Crippen molar-refractivity contribution < 1.29 is 15.0 Å². The molecule has 0 aliphatic carbocycles. The molecule has 1 N–H and O–H groups in total. The van der Waals surface area contributed by atoms with Crippen LogP contribution in [-0.4, -0.2) is 11.1 Å². The predicted molar refractivity (Wildman–Crippen MR) is 58.3 cm³/mol. The third-order valence-corrected chi connectivity index (χ3v) is 2.32. The molecule has 0 saturated carbocycles. The Morgan fingerprint density at radius 2 is 1.62 bits per heavy atom. The summed E-state index contributed by atoms with van der Waals surface area (Å²) in [7, 11) is 0. The molecule has 0 aliphatic heterocycles. The highest BCUT2D eigenvalue weighted by Gasteiger charge is 2.09. The minimum absolute atomic E-state index is 0.0865. The zero-order valence-corrected chi connectivity index (χ0v) is 8.38. The molecule has 2 aromatic carbocycles. The smallest absolute Gasteiger partial charge is 0.336 e. The standard InChI is InChI=1S/C13H10O3/c14-10-7-5-9(6-8-10)11-3-1-2-4-12(11)13(15)16/h1-8,14H,(H,15,16)/p-1. The molecule has 0 heterocycles. The zero-order valence-electron chi connectivity index (χ0n) is 8.38. The number of rotatable bonds is 2. The van der Waals surface area contributed by atoms with Crippen molar-refractivity contribution in [3.63, 3.8) is 0 Å². The van der Waals surface area contributed by atoms with Gasteiger partial charge in [-0.05, 0) is 17.2 Å². The summed E-state index contributed by atoms with van der Waals surface area (Å²) in [4.78, 5) is 11.0. The van der Waals surface area contributed by atoms with E-state index < -0.39 is 5.97 Å². The van der Waals surface area contributed by atoms with Gasteiger partial charge in [0.1, 0.15) is 0 Å². The molecule has 80 valence electrons. The molecule has 0 aliphatic rings. The Balaban J connectivity index is 2.55. The summed E-state index contributed by atoms with van der Waals surface area (Å²) in [6.07, 6.45) is 0. The first-order valence-electron chi connectivity index (χ1n) is 4.78. The number of aromatic carboxylic acids is 1. The second-order valence-electron chi connectivity index (χ2n) is 3.38. The van der Waals surface area contributed by atoms with Crippen LogP contribution >= 0.6 is 0 Å². The SMILES string of the molecule is O=C(O)c1ccccc1-c1ccc([O-])cc1. The molecule has 0 amide bonds. The van der Waals surface area contributed by atoms with E-state index in [1.165, 1.54) is 12.1 Å². The number of hydrogen-bond donors (Lipinski definition) is 1. The van der Waals surface area contributed by atoms with Crippen molar-refractivity contribution in [3.8, 4) is 16.9 Å². The minimum atomic E-state index is -0.971. The van der Waals surface area contributed by atoms with E-state index in [1.54, 1.807) is 36.4 Å². The monoisotopic (exact) mass is 213 g/mol. The Labute approximate surface area is 92.6 Å². The molecule has 2 aromatic rings. The summed E-state index contributed by atoms with van der Waals surface area (Å²) in [5.41, 5.74) is 1.59. The first kappa shape index (κ1) is 10.2. The number of carbonyl (C=O) groups is 1. The predicted octanol–water partition coefficient (Wildman–Crippen LogP) is 2.13. The van der Waals surface area contributed by atoms with Gasteiger partial charge in [-0.2, -0.15) is 0 Å². The highest BCUT2D eigenvalue weighted by atomic mass is 16.4. The van der Waals surface area contributed by atoms with E-state index in [2.05, 4.69) is 0 Å². The van der Waals surface area contributed by atoms with Crippen molar-refractivity contribution in [1.29, 1.82) is 0 Å². The number of benzene rings is 2. The summed E-state index contributed by atoms with van der Waals surface area (Å²) >= 11 is 0. The van der Waals surface area contributed by atoms with E-state index in [9.17, 15) is 9.90 Å². The van der Waals surface area contributed by atoms with Crippen LogP contribution in [0.25, 0.3) is 11.1 Å². The van der Waals surface area contributed by atoms with Gasteiger partial charge < -0.3 is 10.2 Å². The van der Waals surface area contributed by atoms with Crippen LogP contribution in [0.4, 0.5) is 0 Å². The molecule has 0 saturated heterocycles. The summed E-state index contributed by atoms with van der Waals surface area (Å²) in [6, 6.07) is 12.8. The quantitative estimate of drug-likeness (QED) is 0.831. The average molecular weight is 213 g/mol. The highest BCUT2D eigenvalue weighted by molar-refractivity contribution is 5.95. The third-order valence-electron chi connectivity index (χ3n) is 2.32. The summed E-state index contributed by atoms with van der Waals surface area (Å²) in [5.74, 6) is -1.06. The van der Waals surface area contributed by atoms with E-state index in [-0.39, 0.29) is 11.3 Å². The number of carboxylic acids is 1. The van der Waals surface area contributed by atoms with Crippen LogP contribution in [-0.2, 0) is 0 Å². The fraction of sp³-hybridized carbons (Fsp3) is 0. The van der Waals surface area contributed by atoms with Crippen molar-refractivity contribution >= 4 is 5.97 Å². The van der Waals surface area contributed by atoms with E-state index in [1.807, 2.05) is 0 Å². The van der Waals surface area contributed by atoms with Gasteiger partial charge in [0.05, 0.1) is 5.56 Å². The van der Waals surface area contributed by atoms with Crippen LogP contribution in [0.2, 0.25) is 0 Å². The number of carboxylic acid groups (broad SMARTS) is 1. The first-order chi connectivity index (χ1) is 7.68. The van der Waals surface area contributed by atoms with Crippen LogP contribution in [0.3, 0.4) is 0 Å². The van der Waals surface area contributed by atoms with Crippen molar-refractivity contribution in [2.24, 2.45) is 0 Å². The molecular weight excluding hydrogens is 204 g/mol. The molecule has 3 nitrogen and oxygen atoms in total. The van der Waals surface area contributed by atoms with E-state index >= 15 is 0 Å². The molecule has 2 rings (SSSR count). The maximum Gasteiger partial charge on any atom is 0.336 e. The molecule has 0 spiro atoms. The summed E-state index contributed by atoms with van der Waals surface area (Å²) in [5, 5.41) is 20.0. The maximum absolute atomic E-state index is 11.0. The summed E-state index contributed by atoms with van der Waals surface area (Å²) < 4.78 is 0. The molecular formula is C13H9O3-. The Hall–Kier alpha value is -2.29. The maximum atomic E-state index is 11.0. The van der Waals surface area contributed by atoms with Crippen LogP contribution in [0.15, 0.2) is 48.5 Å². The van der Waals surface area contributed by atoms with Gasteiger partial charge in [0, 0.05) is 0 Å². The van der Waals surface area contributed by atoms with Gasteiger partial charge >= 0.3 is 5.97 Å². The fourth-order valence-electron chi connectivity index (χ4n) is 1.56. The van der Waals surface area contributed by atoms with Crippen LogP contribution in [0.5, 0.6) is 5.75 Å². The lowest BCUT2D eigenvalue weighted by molar-refractivity contribution is -0.268. The number of hydrogen-bond acceptors (Lipinski definition) is 2. The lowest BCUT2D eigenvalue weighted by atomic mass is 10.00. The van der Waals surface area contributed by atoms with Gasteiger partial charge in [-0.1, -0.05) is 42.5 Å². The zero-order chi connectivity index (χ0) is 11.5. The molecule has 0 unspecified atom stereocenters. The van der Waals surface area contributed by atoms with E-state index in [0.29, 0.717) is 5.56 Å². The molecule has 0 aromatic heterocycles. The van der Waals surface area contributed by atoms with Gasteiger partial charge in [0.2, 0.25) is 0 Å². The molecule has 16 heavy (non-hydrogen) atoms. The van der Waals surface area contributed by atoms with Crippen molar-refractivity contribution in [3.05, 3.63) is 54.1 Å². The van der Waals surface area contributed by atoms with Gasteiger partial charge in [0.15, 0.2) is 0 Å². The van der Waals surface area contributed by atoms with Crippen LogP contribution in [0.1, 0.15) is 10.4 Å². The van der Waals surface area contributed by atoms with Gasteiger partial charge in [-0.3, -0.25) is 0 Å². The molecule has 0 fully saturated rings. The van der Waals surface area contributed by atoms with Gasteiger partial charge in [-0.25, -0.2) is 4.79 Å². The second kappa shape index (κ2) is 4.06. The first-order valence-corrected chi connectivity index (χ1v) is 4.78. The second-order valence-corrected chi connectivity index (χ2v) is 3.38. The summed E-state index contributed by atoms with van der Waals surface area (Å²) in [6.45, 7) is 0.